The van der Waals surface area contributed by atoms with Gasteiger partial charge in [-0.2, -0.15) is 0 Å². The lowest BCUT2D eigenvalue weighted by Gasteiger charge is -2.10. The molecule has 4 heteroatoms. The average molecular weight is 377 g/mol. The van der Waals surface area contributed by atoms with Crippen molar-refractivity contribution >= 4 is 5.97 Å². The molecule has 3 rings (SSSR count). The Hall–Kier alpha value is -2.85. The summed E-state index contributed by atoms with van der Waals surface area (Å²) < 4.78 is 2.04. The second-order valence-electron chi connectivity index (χ2n) is 7.42. The van der Waals surface area contributed by atoms with Crippen molar-refractivity contribution in [3.63, 3.8) is 0 Å². The first-order valence-electron chi connectivity index (χ1n) is 9.66. The quantitative estimate of drug-likeness (QED) is 0.586. The third-order valence-electron chi connectivity index (χ3n) is 5.25. The Balaban J connectivity index is 1.81. The van der Waals surface area contributed by atoms with Crippen LogP contribution in [-0.4, -0.2) is 22.2 Å². The molecule has 28 heavy (non-hydrogen) atoms. The van der Waals surface area contributed by atoms with Gasteiger partial charge in [0.25, 0.3) is 0 Å². The van der Waals surface area contributed by atoms with Gasteiger partial charge in [-0.25, -0.2) is 4.79 Å². The summed E-state index contributed by atoms with van der Waals surface area (Å²) >= 11 is 0. The van der Waals surface area contributed by atoms with Gasteiger partial charge in [0.15, 0.2) is 0 Å². The molecule has 0 radical (unpaired) electrons. The van der Waals surface area contributed by atoms with E-state index >= 15 is 0 Å². The molecule has 0 unspecified atom stereocenters. The van der Waals surface area contributed by atoms with Gasteiger partial charge in [0.1, 0.15) is 0 Å². The summed E-state index contributed by atoms with van der Waals surface area (Å²) in [6, 6.07) is 16.7. The topological polar surface area (TPSA) is 54.3 Å². The van der Waals surface area contributed by atoms with E-state index in [1.54, 1.807) is 0 Å². The molecule has 4 nitrogen and oxygen atoms in total. The molecule has 0 aliphatic rings. The highest BCUT2D eigenvalue weighted by molar-refractivity contribution is 5.91. The van der Waals surface area contributed by atoms with E-state index in [2.05, 4.69) is 48.6 Å². The second-order valence-corrected chi connectivity index (χ2v) is 7.42. The van der Waals surface area contributed by atoms with E-state index in [1.165, 1.54) is 16.7 Å². The fourth-order valence-corrected chi connectivity index (χ4v) is 3.79. The van der Waals surface area contributed by atoms with Gasteiger partial charge in [0, 0.05) is 29.2 Å². The van der Waals surface area contributed by atoms with E-state index in [-0.39, 0.29) is 0 Å². The zero-order valence-corrected chi connectivity index (χ0v) is 17.0. The first-order chi connectivity index (χ1) is 13.4. The Morgan fingerprint density at radius 3 is 2.32 bits per heavy atom. The number of nitrogens with zero attached hydrogens (tertiary/aromatic N) is 1. The Labute approximate surface area is 166 Å². The average Bonchev–Trinajstić information content (AvgIpc) is 2.90. The highest BCUT2D eigenvalue weighted by Gasteiger charge is 2.23. The van der Waals surface area contributed by atoms with Crippen molar-refractivity contribution in [2.45, 2.75) is 40.7 Å². The number of carboxylic acids is 1. The molecular weight excluding hydrogens is 348 g/mol. The molecule has 0 aliphatic heterocycles. The van der Waals surface area contributed by atoms with Crippen molar-refractivity contribution in [3.05, 3.63) is 87.7 Å². The monoisotopic (exact) mass is 376 g/mol. The fraction of sp³-hybridized carbons (Fsp3) is 0.292. The van der Waals surface area contributed by atoms with Crippen LogP contribution in [0, 0.1) is 27.7 Å². The van der Waals surface area contributed by atoms with Crippen molar-refractivity contribution < 1.29 is 9.90 Å². The molecule has 1 heterocycles. The molecule has 0 atom stereocenters. The standard InChI is InChI=1S/C24H28N2O2/c1-16-8-10-21(11-9-16)26-18(3)22(23(19(26)4)24(27)28)15-25-13-12-20-7-5-6-17(2)14-20/h5-11,14,25H,12-13,15H2,1-4H3,(H,27,28). The normalized spacial score (nSPS) is 11.0. The van der Waals surface area contributed by atoms with Crippen LogP contribution in [0.1, 0.15) is 44.0 Å². The largest absolute Gasteiger partial charge is 0.478 e. The van der Waals surface area contributed by atoms with Crippen LogP contribution in [-0.2, 0) is 13.0 Å². The number of aromatic nitrogens is 1. The molecule has 1 aromatic heterocycles. The molecule has 2 aromatic carbocycles. The summed E-state index contributed by atoms with van der Waals surface area (Å²) in [5.41, 5.74) is 7.72. The van der Waals surface area contributed by atoms with E-state index in [0.29, 0.717) is 12.1 Å². The summed E-state index contributed by atoms with van der Waals surface area (Å²) in [5.74, 6) is -0.873. The molecule has 0 saturated heterocycles. The van der Waals surface area contributed by atoms with Crippen LogP contribution in [0.15, 0.2) is 48.5 Å². The maximum Gasteiger partial charge on any atom is 0.337 e. The molecule has 0 bridgehead atoms. The molecule has 0 aliphatic carbocycles. The number of benzene rings is 2. The van der Waals surface area contributed by atoms with Crippen LogP contribution >= 0.6 is 0 Å². The van der Waals surface area contributed by atoms with E-state index in [9.17, 15) is 9.90 Å². The van der Waals surface area contributed by atoms with Crippen LogP contribution in [0.5, 0.6) is 0 Å². The third kappa shape index (κ3) is 4.18. The van der Waals surface area contributed by atoms with Gasteiger partial charge in [0.05, 0.1) is 5.56 Å². The van der Waals surface area contributed by atoms with Gasteiger partial charge in [-0.15, -0.1) is 0 Å². The predicted octanol–water partition coefficient (Wildman–Crippen LogP) is 4.74. The number of hydrogen-bond acceptors (Lipinski definition) is 2. The Morgan fingerprint density at radius 1 is 0.964 bits per heavy atom. The number of aromatic carboxylic acids is 1. The molecule has 0 spiro atoms. The maximum absolute atomic E-state index is 11.9. The molecule has 0 saturated carbocycles. The minimum absolute atomic E-state index is 0.404. The third-order valence-corrected chi connectivity index (χ3v) is 5.25. The van der Waals surface area contributed by atoms with Crippen LogP contribution < -0.4 is 5.32 Å². The highest BCUT2D eigenvalue weighted by Crippen LogP contribution is 2.26. The van der Waals surface area contributed by atoms with E-state index in [4.69, 9.17) is 0 Å². The lowest BCUT2D eigenvalue weighted by Crippen LogP contribution is -2.18. The van der Waals surface area contributed by atoms with Crippen molar-refractivity contribution in [2.24, 2.45) is 0 Å². The number of rotatable bonds is 7. The lowest BCUT2D eigenvalue weighted by molar-refractivity contribution is 0.0695. The zero-order chi connectivity index (χ0) is 20.3. The smallest absolute Gasteiger partial charge is 0.337 e. The summed E-state index contributed by atoms with van der Waals surface area (Å²) in [4.78, 5) is 11.9. The number of carboxylic acid groups (broad SMARTS) is 1. The SMILES string of the molecule is Cc1ccc(-n2c(C)c(CNCCc3cccc(C)c3)c(C(=O)O)c2C)cc1. The van der Waals surface area contributed by atoms with E-state index < -0.39 is 5.97 Å². The number of carbonyl (C=O) groups is 1. The summed E-state index contributed by atoms with van der Waals surface area (Å²) in [7, 11) is 0. The molecule has 2 N–H and O–H groups in total. The number of nitrogens with one attached hydrogen (secondary N) is 1. The van der Waals surface area contributed by atoms with Gasteiger partial charge in [-0.05, 0) is 58.4 Å². The van der Waals surface area contributed by atoms with Crippen molar-refractivity contribution in [1.29, 1.82) is 0 Å². The first kappa shape index (κ1) is 19.9. The molecule has 3 aromatic rings. The second kappa shape index (κ2) is 8.44. The minimum Gasteiger partial charge on any atom is -0.478 e. The Kier molecular flexibility index (Phi) is 6.00. The van der Waals surface area contributed by atoms with E-state index in [0.717, 1.165) is 35.6 Å². The molecule has 0 fully saturated rings. The van der Waals surface area contributed by atoms with Crippen LogP contribution in [0.25, 0.3) is 5.69 Å². The first-order valence-corrected chi connectivity index (χ1v) is 9.66. The highest BCUT2D eigenvalue weighted by atomic mass is 16.4. The number of aryl methyl sites for hydroxylation is 2. The van der Waals surface area contributed by atoms with Gasteiger partial charge in [-0.3, -0.25) is 0 Å². The van der Waals surface area contributed by atoms with E-state index in [1.807, 2.05) is 37.5 Å². The van der Waals surface area contributed by atoms with Crippen molar-refractivity contribution in [3.8, 4) is 5.69 Å². The van der Waals surface area contributed by atoms with Crippen molar-refractivity contribution in [2.75, 3.05) is 6.54 Å². The van der Waals surface area contributed by atoms with Crippen LogP contribution in [0.3, 0.4) is 0 Å². The van der Waals surface area contributed by atoms with Gasteiger partial charge in [0.2, 0.25) is 0 Å². The molecular formula is C24H28N2O2. The Bertz CT molecular complexity index is 985. The Morgan fingerprint density at radius 2 is 1.68 bits per heavy atom. The lowest BCUT2D eigenvalue weighted by atomic mass is 10.1. The van der Waals surface area contributed by atoms with Crippen molar-refractivity contribution in [1.82, 2.24) is 9.88 Å². The summed E-state index contributed by atoms with van der Waals surface area (Å²) in [6.45, 7) is 9.36. The summed E-state index contributed by atoms with van der Waals surface area (Å²) in [5, 5.41) is 13.2. The maximum atomic E-state index is 11.9. The van der Waals surface area contributed by atoms with Crippen LogP contribution in [0.4, 0.5) is 0 Å². The van der Waals surface area contributed by atoms with Gasteiger partial charge >= 0.3 is 5.97 Å². The number of hydrogen-bond donors (Lipinski definition) is 2. The zero-order valence-electron chi connectivity index (χ0n) is 17.0. The predicted molar refractivity (Wildman–Crippen MR) is 114 cm³/mol. The van der Waals surface area contributed by atoms with Gasteiger partial charge < -0.3 is 15.0 Å². The minimum atomic E-state index is -0.873. The summed E-state index contributed by atoms with van der Waals surface area (Å²) in [6.07, 6.45) is 0.917. The van der Waals surface area contributed by atoms with Crippen LogP contribution in [0.2, 0.25) is 0 Å². The fourth-order valence-electron chi connectivity index (χ4n) is 3.79. The molecule has 0 amide bonds. The molecule has 146 valence electrons. The van der Waals surface area contributed by atoms with Gasteiger partial charge in [-0.1, -0.05) is 47.5 Å².